The van der Waals surface area contributed by atoms with E-state index in [1.54, 1.807) is 0 Å². The molecule has 0 nitrogen and oxygen atoms in total. The molecule has 0 fully saturated rings. The highest BCUT2D eigenvalue weighted by molar-refractivity contribution is 8.00. The lowest BCUT2D eigenvalue weighted by Gasteiger charge is -2.14. The van der Waals surface area contributed by atoms with E-state index in [0.29, 0.717) is 0 Å². The molecular formula is C11H24S. The molecule has 0 rings (SSSR count). The highest BCUT2D eigenvalue weighted by Gasteiger charge is 2.05. The molecule has 0 N–H and O–H groups in total. The van der Waals surface area contributed by atoms with Crippen molar-refractivity contribution in [2.75, 3.05) is 0 Å². The topological polar surface area (TPSA) is 0 Å². The number of hydrogen-bond acceptors (Lipinski definition) is 1. The first-order valence-corrected chi connectivity index (χ1v) is 6.12. The van der Waals surface area contributed by atoms with Crippen molar-refractivity contribution >= 4 is 11.8 Å². The van der Waals surface area contributed by atoms with Crippen molar-refractivity contribution in [2.45, 2.75) is 64.4 Å². The zero-order chi connectivity index (χ0) is 9.56. The summed E-state index contributed by atoms with van der Waals surface area (Å²) in [6, 6.07) is 0. The van der Waals surface area contributed by atoms with Gasteiger partial charge < -0.3 is 0 Å². The number of hydrogen-bond donors (Lipinski definition) is 0. The predicted molar refractivity (Wildman–Crippen MR) is 60.9 cm³/mol. The SMILES string of the molecule is CC(C)CCC[C@@H](C)SC(C)C. The van der Waals surface area contributed by atoms with E-state index in [2.05, 4.69) is 46.4 Å². The van der Waals surface area contributed by atoms with Crippen LogP contribution in [0.3, 0.4) is 0 Å². The van der Waals surface area contributed by atoms with Gasteiger partial charge in [-0.15, -0.1) is 0 Å². The van der Waals surface area contributed by atoms with Gasteiger partial charge in [-0.1, -0.05) is 47.5 Å². The van der Waals surface area contributed by atoms with E-state index in [1.165, 1.54) is 19.3 Å². The third kappa shape index (κ3) is 8.45. The van der Waals surface area contributed by atoms with Crippen LogP contribution in [0.2, 0.25) is 0 Å². The molecule has 0 spiro atoms. The highest BCUT2D eigenvalue weighted by atomic mass is 32.2. The van der Waals surface area contributed by atoms with Crippen molar-refractivity contribution in [3.8, 4) is 0 Å². The van der Waals surface area contributed by atoms with Crippen molar-refractivity contribution in [3.05, 3.63) is 0 Å². The van der Waals surface area contributed by atoms with Gasteiger partial charge in [0.05, 0.1) is 0 Å². The minimum absolute atomic E-state index is 0.791. The first kappa shape index (κ1) is 12.3. The smallest absolute Gasteiger partial charge is 0.00212 e. The molecule has 0 bridgehead atoms. The van der Waals surface area contributed by atoms with E-state index in [0.717, 1.165) is 16.4 Å². The van der Waals surface area contributed by atoms with Crippen LogP contribution in [0.4, 0.5) is 0 Å². The Balaban J connectivity index is 3.25. The van der Waals surface area contributed by atoms with Gasteiger partial charge in [-0.3, -0.25) is 0 Å². The van der Waals surface area contributed by atoms with Crippen LogP contribution in [0, 0.1) is 5.92 Å². The summed E-state index contributed by atoms with van der Waals surface area (Å²) in [6.45, 7) is 11.5. The van der Waals surface area contributed by atoms with Gasteiger partial charge in [0.2, 0.25) is 0 Å². The molecule has 1 atom stereocenters. The van der Waals surface area contributed by atoms with E-state index < -0.39 is 0 Å². The maximum Gasteiger partial charge on any atom is 0.00212 e. The average Bonchev–Trinajstić information content (AvgIpc) is 1.84. The van der Waals surface area contributed by atoms with Crippen LogP contribution in [0.1, 0.15) is 53.9 Å². The second-order valence-corrected chi connectivity index (χ2v) is 6.34. The van der Waals surface area contributed by atoms with Crippen molar-refractivity contribution in [3.63, 3.8) is 0 Å². The lowest BCUT2D eigenvalue weighted by Crippen LogP contribution is -2.02. The molecule has 1 heteroatoms. The molecule has 0 heterocycles. The van der Waals surface area contributed by atoms with Gasteiger partial charge in [0, 0.05) is 5.25 Å². The molecule has 0 aliphatic heterocycles. The molecule has 0 aliphatic rings. The average molecular weight is 188 g/mol. The standard InChI is InChI=1S/C11H24S/c1-9(2)7-6-8-11(5)12-10(3)4/h9-11H,6-8H2,1-5H3/t11-/m1/s1. The molecule has 0 aliphatic carbocycles. The molecule has 0 radical (unpaired) electrons. The normalized spacial score (nSPS) is 14.2. The molecule has 12 heavy (non-hydrogen) atoms. The largest absolute Gasteiger partial charge is 0.156 e. The fraction of sp³-hybridized carbons (Fsp3) is 1.00. The Morgan fingerprint density at radius 1 is 0.917 bits per heavy atom. The van der Waals surface area contributed by atoms with Crippen molar-refractivity contribution < 1.29 is 0 Å². The monoisotopic (exact) mass is 188 g/mol. The summed E-state index contributed by atoms with van der Waals surface area (Å²) < 4.78 is 0. The minimum atomic E-state index is 0.791. The van der Waals surface area contributed by atoms with Crippen LogP contribution in [0.15, 0.2) is 0 Å². The summed E-state index contributed by atoms with van der Waals surface area (Å²) in [5, 5.41) is 1.64. The van der Waals surface area contributed by atoms with E-state index in [4.69, 9.17) is 0 Å². The maximum absolute atomic E-state index is 2.35. The third-order valence-corrected chi connectivity index (χ3v) is 3.14. The van der Waals surface area contributed by atoms with Gasteiger partial charge >= 0.3 is 0 Å². The lowest BCUT2D eigenvalue weighted by molar-refractivity contribution is 0.537. The van der Waals surface area contributed by atoms with Gasteiger partial charge in [-0.2, -0.15) is 11.8 Å². The van der Waals surface area contributed by atoms with E-state index in [-0.39, 0.29) is 0 Å². The zero-order valence-corrected chi connectivity index (χ0v) is 10.1. The van der Waals surface area contributed by atoms with Crippen molar-refractivity contribution in [1.29, 1.82) is 0 Å². The Kier molecular flexibility index (Phi) is 7.02. The first-order valence-electron chi connectivity index (χ1n) is 5.17. The summed E-state index contributed by atoms with van der Waals surface area (Å²) in [4.78, 5) is 0. The first-order chi connectivity index (χ1) is 5.52. The fourth-order valence-corrected chi connectivity index (χ4v) is 2.58. The number of thioether (sulfide) groups is 1. The number of rotatable bonds is 6. The molecule has 0 aromatic rings. The molecule has 0 saturated carbocycles. The molecule has 74 valence electrons. The van der Waals surface area contributed by atoms with Crippen molar-refractivity contribution in [1.82, 2.24) is 0 Å². The molecule has 0 unspecified atom stereocenters. The zero-order valence-electron chi connectivity index (χ0n) is 9.26. The quantitative estimate of drug-likeness (QED) is 0.597. The van der Waals surface area contributed by atoms with Crippen LogP contribution in [0.5, 0.6) is 0 Å². The summed E-state index contributed by atoms with van der Waals surface area (Å²) in [6.07, 6.45) is 4.18. The minimum Gasteiger partial charge on any atom is -0.156 e. The third-order valence-electron chi connectivity index (χ3n) is 1.90. The van der Waals surface area contributed by atoms with Crippen LogP contribution in [-0.4, -0.2) is 10.5 Å². The summed E-state index contributed by atoms with van der Waals surface area (Å²) in [5.41, 5.74) is 0. The molecule has 0 aromatic carbocycles. The summed E-state index contributed by atoms with van der Waals surface area (Å²) >= 11 is 2.11. The predicted octanol–water partition coefficient (Wildman–Crippen LogP) is 4.34. The van der Waals surface area contributed by atoms with Crippen LogP contribution in [0.25, 0.3) is 0 Å². The highest BCUT2D eigenvalue weighted by Crippen LogP contribution is 2.22. The van der Waals surface area contributed by atoms with Crippen LogP contribution < -0.4 is 0 Å². The Morgan fingerprint density at radius 3 is 1.92 bits per heavy atom. The van der Waals surface area contributed by atoms with Gasteiger partial charge in [-0.25, -0.2) is 0 Å². The van der Waals surface area contributed by atoms with Gasteiger partial charge in [0.1, 0.15) is 0 Å². The molecule has 0 amide bonds. The molecular weight excluding hydrogens is 164 g/mol. The van der Waals surface area contributed by atoms with E-state index in [1.807, 2.05) is 0 Å². The molecule has 0 aromatic heterocycles. The Labute approximate surface area is 82.5 Å². The lowest BCUT2D eigenvalue weighted by atomic mass is 10.1. The Morgan fingerprint density at radius 2 is 1.50 bits per heavy atom. The summed E-state index contributed by atoms with van der Waals surface area (Å²) in [5.74, 6) is 0.876. The second-order valence-electron chi connectivity index (χ2n) is 4.32. The molecule has 0 saturated heterocycles. The van der Waals surface area contributed by atoms with Gasteiger partial charge in [0.15, 0.2) is 0 Å². The maximum atomic E-state index is 2.35. The van der Waals surface area contributed by atoms with Gasteiger partial charge in [0.25, 0.3) is 0 Å². The Bertz CT molecular complexity index is 97.2. The van der Waals surface area contributed by atoms with E-state index in [9.17, 15) is 0 Å². The Hall–Kier alpha value is 0.350. The second kappa shape index (κ2) is 6.82. The van der Waals surface area contributed by atoms with Gasteiger partial charge in [-0.05, 0) is 17.6 Å². The van der Waals surface area contributed by atoms with Crippen LogP contribution in [-0.2, 0) is 0 Å². The van der Waals surface area contributed by atoms with E-state index >= 15 is 0 Å². The van der Waals surface area contributed by atoms with Crippen LogP contribution >= 0.6 is 11.8 Å². The fourth-order valence-electron chi connectivity index (χ4n) is 1.35. The summed E-state index contributed by atoms with van der Waals surface area (Å²) in [7, 11) is 0. The van der Waals surface area contributed by atoms with Crippen molar-refractivity contribution in [2.24, 2.45) is 5.92 Å².